The van der Waals surface area contributed by atoms with E-state index in [4.69, 9.17) is 9.47 Å². The maximum atomic E-state index is 11.5. The standard InChI is InChI=1S/C14H22N2O3/c1-4-11(3)16-14(17)15-10-19-13-9-7-6-8-12(13)18-5-2/h6-9,11H,4-5,10H2,1-3H3,(H2,15,16,17). The van der Waals surface area contributed by atoms with Crippen molar-refractivity contribution in [2.45, 2.75) is 33.2 Å². The molecule has 0 heterocycles. The number of hydrogen-bond donors (Lipinski definition) is 2. The van der Waals surface area contributed by atoms with E-state index in [0.29, 0.717) is 18.1 Å². The summed E-state index contributed by atoms with van der Waals surface area (Å²) < 4.78 is 10.9. The number of carbonyl (C=O) groups is 1. The van der Waals surface area contributed by atoms with E-state index in [9.17, 15) is 4.79 Å². The summed E-state index contributed by atoms with van der Waals surface area (Å²) in [6, 6.07) is 7.29. The van der Waals surface area contributed by atoms with E-state index in [0.717, 1.165) is 6.42 Å². The molecule has 19 heavy (non-hydrogen) atoms. The van der Waals surface area contributed by atoms with Gasteiger partial charge >= 0.3 is 6.03 Å². The maximum absolute atomic E-state index is 11.5. The topological polar surface area (TPSA) is 59.6 Å². The third kappa shape index (κ3) is 5.50. The molecule has 5 nitrogen and oxygen atoms in total. The Labute approximate surface area is 114 Å². The number of amides is 2. The lowest BCUT2D eigenvalue weighted by molar-refractivity contribution is 0.217. The van der Waals surface area contributed by atoms with Gasteiger partial charge in [0.25, 0.3) is 0 Å². The lowest BCUT2D eigenvalue weighted by Crippen LogP contribution is -2.41. The molecule has 0 aliphatic carbocycles. The van der Waals surface area contributed by atoms with Gasteiger partial charge < -0.3 is 20.1 Å². The molecule has 5 heteroatoms. The van der Waals surface area contributed by atoms with Crippen LogP contribution in [0.3, 0.4) is 0 Å². The number of carbonyl (C=O) groups excluding carboxylic acids is 1. The Hall–Kier alpha value is -1.91. The Morgan fingerprint density at radius 3 is 2.42 bits per heavy atom. The van der Waals surface area contributed by atoms with Crippen LogP contribution in [0.2, 0.25) is 0 Å². The lowest BCUT2D eigenvalue weighted by atomic mass is 10.3. The minimum atomic E-state index is -0.233. The summed E-state index contributed by atoms with van der Waals surface area (Å²) in [5, 5.41) is 5.43. The zero-order chi connectivity index (χ0) is 14.1. The molecule has 0 bridgehead atoms. The van der Waals surface area contributed by atoms with Crippen molar-refractivity contribution in [2.75, 3.05) is 13.3 Å². The zero-order valence-corrected chi connectivity index (χ0v) is 11.7. The van der Waals surface area contributed by atoms with Gasteiger partial charge in [-0.3, -0.25) is 0 Å². The van der Waals surface area contributed by atoms with Crippen molar-refractivity contribution in [3.63, 3.8) is 0 Å². The van der Waals surface area contributed by atoms with E-state index >= 15 is 0 Å². The number of nitrogens with one attached hydrogen (secondary N) is 2. The van der Waals surface area contributed by atoms with Crippen LogP contribution in [-0.2, 0) is 0 Å². The van der Waals surface area contributed by atoms with E-state index < -0.39 is 0 Å². The molecule has 0 saturated heterocycles. The van der Waals surface area contributed by atoms with Gasteiger partial charge in [0, 0.05) is 6.04 Å². The summed E-state index contributed by atoms with van der Waals surface area (Å²) >= 11 is 0. The van der Waals surface area contributed by atoms with Crippen molar-refractivity contribution in [1.82, 2.24) is 10.6 Å². The number of benzene rings is 1. The van der Waals surface area contributed by atoms with E-state index in [2.05, 4.69) is 10.6 Å². The molecule has 106 valence electrons. The minimum absolute atomic E-state index is 0.104. The lowest BCUT2D eigenvalue weighted by Gasteiger charge is -2.14. The normalized spacial score (nSPS) is 11.5. The highest BCUT2D eigenvalue weighted by atomic mass is 16.5. The Kier molecular flexibility index (Phi) is 6.57. The highest BCUT2D eigenvalue weighted by Gasteiger charge is 2.06. The fourth-order valence-electron chi connectivity index (χ4n) is 1.40. The molecule has 0 aliphatic rings. The van der Waals surface area contributed by atoms with Crippen molar-refractivity contribution < 1.29 is 14.3 Å². The van der Waals surface area contributed by atoms with Gasteiger partial charge in [-0.25, -0.2) is 4.79 Å². The van der Waals surface area contributed by atoms with Crippen LogP contribution in [-0.4, -0.2) is 25.4 Å². The predicted octanol–water partition coefficient (Wildman–Crippen LogP) is 2.52. The molecule has 1 aromatic carbocycles. The number of para-hydroxylation sites is 2. The van der Waals surface area contributed by atoms with Crippen LogP contribution in [0.1, 0.15) is 27.2 Å². The van der Waals surface area contributed by atoms with Crippen molar-refractivity contribution in [2.24, 2.45) is 0 Å². The molecule has 0 aliphatic heterocycles. The first-order valence-corrected chi connectivity index (χ1v) is 6.56. The minimum Gasteiger partial charge on any atom is -0.490 e. The number of ether oxygens (including phenoxy) is 2. The first kappa shape index (κ1) is 15.1. The molecular formula is C14H22N2O3. The molecule has 1 rings (SSSR count). The number of rotatable bonds is 7. The molecule has 2 amide bonds. The summed E-state index contributed by atoms with van der Waals surface area (Å²) in [5.41, 5.74) is 0. The largest absolute Gasteiger partial charge is 0.490 e. The summed E-state index contributed by atoms with van der Waals surface area (Å²) in [6.07, 6.45) is 0.890. The molecule has 1 atom stereocenters. The Balaban J connectivity index is 2.38. The van der Waals surface area contributed by atoms with E-state index in [1.165, 1.54) is 0 Å². The van der Waals surface area contributed by atoms with Crippen LogP contribution in [0.25, 0.3) is 0 Å². The zero-order valence-electron chi connectivity index (χ0n) is 11.7. The molecule has 0 radical (unpaired) electrons. The third-order valence-electron chi connectivity index (χ3n) is 2.60. The second-order valence-corrected chi connectivity index (χ2v) is 4.13. The first-order valence-electron chi connectivity index (χ1n) is 6.56. The number of hydrogen-bond acceptors (Lipinski definition) is 3. The van der Waals surface area contributed by atoms with Crippen molar-refractivity contribution in [3.05, 3.63) is 24.3 Å². The Morgan fingerprint density at radius 1 is 1.21 bits per heavy atom. The monoisotopic (exact) mass is 266 g/mol. The van der Waals surface area contributed by atoms with E-state index in [-0.39, 0.29) is 18.8 Å². The molecule has 0 spiro atoms. The van der Waals surface area contributed by atoms with E-state index in [1.807, 2.05) is 39.0 Å². The quantitative estimate of drug-likeness (QED) is 0.745. The summed E-state index contributed by atoms with van der Waals surface area (Å²) in [6.45, 7) is 6.55. The van der Waals surface area contributed by atoms with Gasteiger partial charge in [0.2, 0.25) is 0 Å². The fraction of sp³-hybridized carbons (Fsp3) is 0.500. The molecule has 0 fully saturated rings. The summed E-state index contributed by atoms with van der Waals surface area (Å²) in [4.78, 5) is 11.5. The summed E-state index contributed by atoms with van der Waals surface area (Å²) in [5.74, 6) is 1.29. The molecule has 2 N–H and O–H groups in total. The van der Waals surface area contributed by atoms with Gasteiger partial charge in [-0.1, -0.05) is 19.1 Å². The van der Waals surface area contributed by atoms with E-state index in [1.54, 1.807) is 6.07 Å². The van der Waals surface area contributed by atoms with Crippen LogP contribution in [0.4, 0.5) is 4.79 Å². The molecule has 1 unspecified atom stereocenters. The van der Waals surface area contributed by atoms with Crippen LogP contribution in [0.5, 0.6) is 11.5 Å². The first-order chi connectivity index (χ1) is 9.17. The Bertz CT molecular complexity index is 396. The average molecular weight is 266 g/mol. The van der Waals surface area contributed by atoms with Gasteiger partial charge in [-0.15, -0.1) is 0 Å². The molecular weight excluding hydrogens is 244 g/mol. The second kappa shape index (κ2) is 8.24. The third-order valence-corrected chi connectivity index (χ3v) is 2.60. The van der Waals surface area contributed by atoms with Gasteiger partial charge in [0.15, 0.2) is 18.2 Å². The Morgan fingerprint density at radius 2 is 1.84 bits per heavy atom. The highest BCUT2D eigenvalue weighted by Crippen LogP contribution is 2.25. The van der Waals surface area contributed by atoms with Crippen molar-refractivity contribution in [1.29, 1.82) is 0 Å². The molecule has 0 aromatic heterocycles. The van der Waals surface area contributed by atoms with Crippen LogP contribution in [0, 0.1) is 0 Å². The number of urea groups is 1. The summed E-state index contributed by atoms with van der Waals surface area (Å²) in [7, 11) is 0. The SMILES string of the molecule is CCOc1ccccc1OCNC(=O)NC(C)CC. The predicted molar refractivity (Wildman–Crippen MR) is 74.5 cm³/mol. The van der Waals surface area contributed by atoms with Gasteiger partial charge in [0.1, 0.15) is 0 Å². The van der Waals surface area contributed by atoms with Crippen molar-refractivity contribution >= 4 is 6.03 Å². The highest BCUT2D eigenvalue weighted by molar-refractivity contribution is 5.73. The van der Waals surface area contributed by atoms with Crippen LogP contribution >= 0.6 is 0 Å². The second-order valence-electron chi connectivity index (χ2n) is 4.13. The van der Waals surface area contributed by atoms with Crippen LogP contribution < -0.4 is 20.1 Å². The fourth-order valence-corrected chi connectivity index (χ4v) is 1.40. The average Bonchev–Trinajstić information content (AvgIpc) is 2.41. The molecule has 1 aromatic rings. The molecule has 0 saturated carbocycles. The van der Waals surface area contributed by atoms with Crippen LogP contribution in [0.15, 0.2) is 24.3 Å². The van der Waals surface area contributed by atoms with Gasteiger partial charge in [0.05, 0.1) is 6.61 Å². The smallest absolute Gasteiger partial charge is 0.317 e. The maximum Gasteiger partial charge on any atom is 0.317 e. The van der Waals surface area contributed by atoms with Crippen molar-refractivity contribution in [3.8, 4) is 11.5 Å². The van der Waals surface area contributed by atoms with Gasteiger partial charge in [-0.2, -0.15) is 0 Å². The van der Waals surface area contributed by atoms with Gasteiger partial charge in [-0.05, 0) is 32.4 Å².